The maximum absolute atomic E-state index is 4.24. The molecule has 0 radical (unpaired) electrons. The molecule has 0 bridgehead atoms. The van der Waals surface area contributed by atoms with Crippen molar-refractivity contribution >= 4 is 29.9 Å². The van der Waals surface area contributed by atoms with Crippen molar-refractivity contribution in [2.45, 2.75) is 45.6 Å². The molecule has 1 aliphatic carbocycles. The van der Waals surface area contributed by atoms with Crippen LogP contribution in [0.25, 0.3) is 0 Å². The van der Waals surface area contributed by atoms with Crippen LogP contribution in [0, 0.1) is 6.92 Å². The van der Waals surface area contributed by atoms with E-state index >= 15 is 0 Å². The second-order valence-electron chi connectivity index (χ2n) is 5.43. The van der Waals surface area contributed by atoms with Crippen molar-refractivity contribution in [3.63, 3.8) is 0 Å². The molecule has 7 heteroatoms. The Bertz CT molecular complexity index is 520. The zero-order valence-electron chi connectivity index (χ0n) is 13.7. The van der Waals surface area contributed by atoms with Gasteiger partial charge in [0.1, 0.15) is 5.82 Å². The normalized spacial score (nSPS) is 15.0. The van der Waals surface area contributed by atoms with Crippen LogP contribution in [0.3, 0.4) is 0 Å². The van der Waals surface area contributed by atoms with Gasteiger partial charge in [0.15, 0.2) is 11.8 Å². The Balaban J connectivity index is 0.00000242. The molecule has 124 valence electrons. The molecule has 2 N–H and O–H groups in total. The van der Waals surface area contributed by atoms with E-state index in [-0.39, 0.29) is 24.0 Å². The zero-order chi connectivity index (χ0) is 15.1. The Labute approximate surface area is 149 Å². The monoisotopic (exact) mass is 418 g/mol. The number of aliphatic imine (C=N–C) groups is 1. The van der Waals surface area contributed by atoms with Gasteiger partial charge in [0.2, 0.25) is 0 Å². The van der Waals surface area contributed by atoms with Crippen LogP contribution in [-0.4, -0.2) is 34.3 Å². The maximum Gasteiger partial charge on any atom is 0.191 e. The average Bonchev–Trinajstić information content (AvgIpc) is 2.83. The molecule has 2 rings (SSSR count). The van der Waals surface area contributed by atoms with E-state index in [1.165, 1.54) is 25.7 Å². The summed E-state index contributed by atoms with van der Waals surface area (Å²) in [5, 5.41) is 14.8. The highest BCUT2D eigenvalue weighted by atomic mass is 127. The SMILES string of the molecule is CN=C(NCCC1=CCCCC1)NCc1nnc(C)n1C.I. The Hall–Kier alpha value is -1.12. The number of aryl methyl sites for hydroxylation is 1. The Morgan fingerprint density at radius 1 is 1.32 bits per heavy atom. The zero-order valence-corrected chi connectivity index (χ0v) is 16.1. The first kappa shape index (κ1) is 18.9. The van der Waals surface area contributed by atoms with Gasteiger partial charge in [0, 0.05) is 20.6 Å². The second-order valence-corrected chi connectivity index (χ2v) is 5.43. The van der Waals surface area contributed by atoms with Gasteiger partial charge < -0.3 is 15.2 Å². The third-order valence-electron chi connectivity index (χ3n) is 3.94. The molecule has 0 fully saturated rings. The van der Waals surface area contributed by atoms with Crippen molar-refractivity contribution in [2.75, 3.05) is 13.6 Å². The van der Waals surface area contributed by atoms with Gasteiger partial charge in [-0.15, -0.1) is 34.2 Å². The number of hydrogen-bond donors (Lipinski definition) is 2. The Morgan fingerprint density at radius 2 is 2.14 bits per heavy atom. The van der Waals surface area contributed by atoms with Crippen LogP contribution in [0.15, 0.2) is 16.6 Å². The van der Waals surface area contributed by atoms with Crippen molar-refractivity contribution in [1.82, 2.24) is 25.4 Å². The van der Waals surface area contributed by atoms with Crippen molar-refractivity contribution in [3.05, 3.63) is 23.3 Å². The number of hydrogen-bond acceptors (Lipinski definition) is 3. The van der Waals surface area contributed by atoms with E-state index in [1.54, 1.807) is 12.6 Å². The number of aromatic nitrogens is 3. The smallest absolute Gasteiger partial charge is 0.191 e. The van der Waals surface area contributed by atoms with Gasteiger partial charge >= 0.3 is 0 Å². The van der Waals surface area contributed by atoms with E-state index in [0.29, 0.717) is 6.54 Å². The summed E-state index contributed by atoms with van der Waals surface area (Å²) in [6.07, 6.45) is 8.68. The van der Waals surface area contributed by atoms with Crippen molar-refractivity contribution < 1.29 is 0 Å². The van der Waals surface area contributed by atoms with Gasteiger partial charge in [-0.25, -0.2) is 0 Å². The number of allylic oxidation sites excluding steroid dienone is 1. The fourth-order valence-corrected chi connectivity index (χ4v) is 2.46. The van der Waals surface area contributed by atoms with Crippen LogP contribution in [-0.2, 0) is 13.6 Å². The molecule has 0 saturated carbocycles. The topological polar surface area (TPSA) is 67.1 Å². The van der Waals surface area contributed by atoms with Gasteiger partial charge in [0.05, 0.1) is 6.54 Å². The van der Waals surface area contributed by atoms with Gasteiger partial charge in [-0.05, 0) is 39.0 Å². The summed E-state index contributed by atoms with van der Waals surface area (Å²) >= 11 is 0. The summed E-state index contributed by atoms with van der Waals surface area (Å²) in [5.74, 6) is 2.64. The highest BCUT2D eigenvalue weighted by Crippen LogP contribution is 2.19. The third-order valence-corrected chi connectivity index (χ3v) is 3.94. The standard InChI is InChI=1S/C15H26N6.HI/c1-12-19-20-14(21(12)3)11-18-15(16-2)17-10-9-13-7-5-4-6-8-13;/h7H,4-6,8-11H2,1-3H3,(H2,16,17,18);1H. The summed E-state index contributed by atoms with van der Waals surface area (Å²) in [5.41, 5.74) is 1.58. The summed E-state index contributed by atoms with van der Waals surface area (Å²) in [4.78, 5) is 4.24. The minimum absolute atomic E-state index is 0. The highest BCUT2D eigenvalue weighted by Gasteiger charge is 2.06. The maximum atomic E-state index is 4.24. The molecular weight excluding hydrogens is 391 g/mol. The summed E-state index contributed by atoms with van der Waals surface area (Å²) < 4.78 is 1.98. The molecule has 6 nitrogen and oxygen atoms in total. The Kier molecular flexibility index (Phi) is 8.44. The lowest BCUT2D eigenvalue weighted by Crippen LogP contribution is -2.38. The Morgan fingerprint density at radius 3 is 2.73 bits per heavy atom. The molecule has 22 heavy (non-hydrogen) atoms. The molecule has 0 amide bonds. The quantitative estimate of drug-likeness (QED) is 0.333. The number of guanidine groups is 1. The van der Waals surface area contributed by atoms with E-state index in [1.807, 2.05) is 18.5 Å². The van der Waals surface area contributed by atoms with E-state index in [9.17, 15) is 0 Å². The van der Waals surface area contributed by atoms with Crippen LogP contribution in [0.1, 0.15) is 43.8 Å². The van der Waals surface area contributed by atoms with Gasteiger partial charge in [0.25, 0.3) is 0 Å². The molecule has 1 aromatic heterocycles. The van der Waals surface area contributed by atoms with Gasteiger partial charge in [-0.1, -0.05) is 11.6 Å². The van der Waals surface area contributed by atoms with Crippen LogP contribution >= 0.6 is 24.0 Å². The fourth-order valence-electron chi connectivity index (χ4n) is 2.46. The molecule has 1 heterocycles. The minimum atomic E-state index is 0. The van der Waals surface area contributed by atoms with Crippen molar-refractivity contribution in [3.8, 4) is 0 Å². The van der Waals surface area contributed by atoms with E-state index in [2.05, 4.69) is 31.9 Å². The number of nitrogens with one attached hydrogen (secondary N) is 2. The first-order chi connectivity index (χ1) is 10.2. The molecule has 1 aromatic rings. The lowest BCUT2D eigenvalue weighted by atomic mass is 9.97. The average molecular weight is 418 g/mol. The minimum Gasteiger partial charge on any atom is -0.356 e. The van der Waals surface area contributed by atoms with Gasteiger partial charge in [-0.3, -0.25) is 4.99 Å². The fraction of sp³-hybridized carbons (Fsp3) is 0.667. The van der Waals surface area contributed by atoms with Crippen LogP contribution in [0.5, 0.6) is 0 Å². The molecule has 0 aromatic carbocycles. The lowest BCUT2D eigenvalue weighted by molar-refractivity contribution is 0.662. The van der Waals surface area contributed by atoms with Crippen LogP contribution < -0.4 is 10.6 Å². The molecule has 0 saturated heterocycles. The van der Waals surface area contributed by atoms with E-state index < -0.39 is 0 Å². The van der Waals surface area contributed by atoms with Gasteiger partial charge in [-0.2, -0.15) is 0 Å². The first-order valence-corrected chi connectivity index (χ1v) is 7.68. The molecular formula is C15H27IN6. The van der Waals surface area contributed by atoms with Crippen molar-refractivity contribution in [1.29, 1.82) is 0 Å². The predicted octanol–water partition coefficient (Wildman–Crippen LogP) is 2.30. The molecule has 1 aliphatic rings. The first-order valence-electron chi connectivity index (χ1n) is 7.68. The number of rotatable bonds is 5. The number of halogens is 1. The second kappa shape index (κ2) is 9.81. The number of nitrogens with zero attached hydrogens (tertiary/aromatic N) is 4. The summed E-state index contributed by atoms with van der Waals surface area (Å²) in [7, 11) is 3.76. The largest absolute Gasteiger partial charge is 0.356 e. The van der Waals surface area contributed by atoms with E-state index in [4.69, 9.17) is 0 Å². The summed E-state index contributed by atoms with van der Waals surface area (Å²) in [6.45, 7) is 3.49. The van der Waals surface area contributed by atoms with Crippen molar-refractivity contribution in [2.24, 2.45) is 12.0 Å². The third kappa shape index (κ3) is 5.58. The molecule has 0 aliphatic heterocycles. The molecule has 0 atom stereocenters. The van der Waals surface area contributed by atoms with E-state index in [0.717, 1.165) is 30.6 Å². The van der Waals surface area contributed by atoms with Crippen LogP contribution in [0.2, 0.25) is 0 Å². The molecule has 0 spiro atoms. The van der Waals surface area contributed by atoms with Crippen LogP contribution in [0.4, 0.5) is 0 Å². The highest BCUT2D eigenvalue weighted by molar-refractivity contribution is 14.0. The summed E-state index contributed by atoms with van der Waals surface area (Å²) in [6, 6.07) is 0. The molecule has 0 unspecified atom stereocenters. The predicted molar refractivity (Wildman–Crippen MR) is 101 cm³/mol. The lowest BCUT2D eigenvalue weighted by Gasteiger charge is -2.15.